The molecule has 1 heterocycles. The van der Waals surface area contributed by atoms with Crippen molar-refractivity contribution in [2.75, 3.05) is 13.1 Å². The van der Waals surface area contributed by atoms with Crippen molar-refractivity contribution >= 4 is 6.34 Å². The highest BCUT2D eigenvalue weighted by Crippen LogP contribution is 2.11. The summed E-state index contributed by atoms with van der Waals surface area (Å²) >= 11 is 0. The van der Waals surface area contributed by atoms with Crippen molar-refractivity contribution in [3.63, 3.8) is 0 Å². The molecule has 1 rings (SSSR count). The van der Waals surface area contributed by atoms with Crippen LogP contribution in [0.15, 0.2) is 4.99 Å². The smallest absolute Gasteiger partial charge is 0.0854 e. The molecule has 2 nitrogen and oxygen atoms in total. The second kappa shape index (κ2) is 6.01. The number of hydrogen-bond donors (Lipinski definition) is 0. The predicted octanol–water partition coefficient (Wildman–Crippen LogP) is 2.69. The maximum Gasteiger partial charge on any atom is 0.0854 e. The summed E-state index contributed by atoms with van der Waals surface area (Å²) in [4.78, 5) is 6.87. The molecule has 0 aromatic rings. The molecular formula is C11H22N2. The molecule has 1 aliphatic rings. The van der Waals surface area contributed by atoms with Crippen LogP contribution < -0.4 is 0 Å². The minimum atomic E-state index is 0.594. The highest BCUT2D eigenvalue weighted by Gasteiger charge is 2.15. The molecule has 76 valence electrons. The lowest BCUT2D eigenvalue weighted by Crippen LogP contribution is -2.24. The standard InChI is InChI=1S/C11H22N2/c1-3-5-7-11-9-13(10-12-11)8-6-4-2/h10-11H,3-9H2,1-2H3. The van der Waals surface area contributed by atoms with E-state index in [0.29, 0.717) is 6.04 Å². The Kier molecular flexibility index (Phi) is 4.87. The summed E-state index contributed by atoms with van der Waals surface area (Å²) < 4.78 is 0. The molecule has 0 aliphatic carbocycles. The van der Waals surface area contributed by atoms with E-state index in [2.05, 4.69) is 30.1 Å². The van der Waals surface area contributed by atoms with Crippen LogP contribution in [0, 0.1) is 0 Å². The second-order valence-electron chi connectivity index (χ2n) is 3.91. The van der Waals surface area contributed by atoms with Crippen molar-refractivity contribution in [2.24, 2.45) is 4.99 Å². The van der Waals surface area contributed by atoms with Crippen LogP contribution in [-0.2, 0) is 0 Å². The van der Waals surface area contributed by atoms with Gasteiger partial charge in [0, 0.05) is 13.1 Å². The fourth-order valence-corrected chi connectivity index (χ4v) is 1.67. The average Bonchev–Trinajstić information content (AvgIpc) is 2.59. The van der Waals surface area contributed by atoms with Gasteiger partial charge < -0.3 is 4.90 Å². The van der Waals surface area contributed by atoms with E-state index < -0.39 is 0 Å². The van der Waals surface area contributed by atoms with E-state index in [-0.39, 0.29) is 0 Å². The lowest BCUT2D eigenvalue weighted by molar-refractivity contribution is 0.407. The zero-order chi connectivity index (χ0) is 9.52. The van der Waals surface area contributed by atoms with Crippen LogP contribution in [-0.4, -0.2) is 30.4 Å². The molecule has 0 aromatic carbocycles. The van der Waals surface area contributed by atoms with Crippen molar-refractivity contribution in [3.05, 3.63) is 0 Å². The van der Waals surface area contributed by atoms with Crippen LogP contribution in [0.4, 0.5) is 0 Å². The van der Waals surface area contributed by atoms with Crippen molar-refractivity contribution in [1.82, 2.24) is 4.90 Å². The third-order valence-corrected chi connectivity index (χ3v) is 2.58. The van der Waals surface area contributed by atoms with Gasteiger partial charge in [-0.05, 0) is 12.8 Å². The number of nitrogens with zero attached hydrogens (tertiary/aromatic N) is 2. The summed E-state index contributed by atoms with van der Waals surface area (Å²) in [6.45, 7) is 6.85. The molecule has 2 heteroatoms. The fraction of sp³-hybridized carbons (Fsp3) is 0.909. The first-order valence-corrected chi connectivity index (χ1v) is 5.64. The highest BCUT2D eigenvalue weighted by atomic mass is 15.2. The number of aliphatic imine (C=N–C) groups is 1. The molecular weight excluding hydrogens is 160 g/mol. The molecule has 1 aliphatic heterocycles. The largest absolute Gasteiger partial charge is 0.361 e. The molecule has 1 unspecified atom stereocenters. The monoisotopic (exact) mass is 182 g/mol. The molecule has 0 N–H and O–H groups in total. The molecule has 13 heavy (non-hydrogen) atoms. The van der Waals surface area contributed by atoms with Crippen LogP contribution in [0.3, 0.4) is 0 Å². The lowest BCUT2D eigenvalue weighted by Gasteiger charge is -2.15. The lowest BCUT2D eigenvalue weighted by atomic mass is 10.1. The fourth-order valence-electron chi connectivity index (χ4n) is 1.67. The molecule has 0 fully saturated rings. The topological polar surface area (TPSA) is 15.6 Å². The molecule has 0 aromatic heterocycles. The van der Waals surface area contributed by atoms with E-state index in [4.69, 9.17) is 0 Å². The first-order chi connectivity index (χ1) is 6.36. The van der Waals surface area contributed by atoms with Gasteiger partial charge in [0.1, 0.15) is 0 Å². The van der Waals surface area contributed by atoms with Crippen LogP contribution >= 0.6 is 0 Å². The van der Waals surface area contributed by atoms with E-state index in [9.17, 15) is 0 Å². The van der Waals surface area contributed by atoms with Crippen LogP contribution in [0.25, 0.3) is 0 Å². The Morgan fingerprint density at radius 3 is 2.77 bits per heavy atom. The van der Waals surface area contributed by atoms with Crippen molar-refractivity contribution in [3.8, 4) is 0 Å². The average molecular weight is 182 g/mol. The van der Waals surface area contributed by atoms with E-state index in [1.54, 1.807) is 0 Å². The quantitative estimate of drug-likeness (QED) is 0.616. The van der Waals surface area contributed by atoms with Gasteiger partial charge in [-0.15, -0.1) is 0 Å². The summed E-state index contributed by atoms with van der Waals surface area (Å²) in [5, 5.41) is 0. The Bertz CT molecular complexity index is 138. The van der Waals surface area contributed by atoms with E-state index in [1.165, 1.54) is 45.2 Å². The third-order valence-electron chi connectivity index (χ3n) is 2.58. The highest BCUT2D eigenvalue weighted by molar-refractivity contribution is 5.57. The molecule has 1 atom stereocenters. The third kappa shape index (κ3) is 3.79. The molecule has 0 saturated carbocycles. The molecule has 0 radical (unpaired) electrons. The van der Waals surface area contributed by atoms with Crippen LogP contribution in [0.1, 0.15) is 46.0 Å². The first-order valence-electron chi connectivity index (χ1n) is 5.64. The maximum absolute atomic E-state index is 4.51. The van der Waals surface area contributed by atoms with Gasteiger partial charge in [-0.3, -0.25) is 4.99 Å². The second-order valence-corrected chi connectivity index (χ2v) is 3.91. The molecule has 0 amide bonds. The van der Waals surface area contributed by atoms with Gasteiger partial charge in [0.05, 0.1) is 12.4 Å². The first kappa shape index (κ1) is 10.6. The van der Waals surface area contributed by atoms with E-state index in [0.717, 1.165) is 0 Å². The Hall–Kier alpha value is -0.530. The van der Waals surface area contributed by atoms with E-state index >= 15 is 0 Å². The number of unbranched alkanes of at least 4 members (excludes halogenated alkanes) is 2. The Morgan fingerprint density at radius 1 is 1.31 bits per heavy atom. The van der Waals surface area contributed by atoms with Crippen molar-refractivity contribution in [2.45, 2.75) is 52.0 Å². The Labute approximate surface area is 82.0 Å². The molecule has 0 saturated heterocycles. The normalized spacial score (nSPS) is 21.4. The minimum absolute atomic E-state index is 0.594. The van der Waals surface area contributed by atoms with Gasteiger partial charge >= 0.3 is 0 Å². The summed E-state index contributed by atoms with van der Waals surface area (Å²) in [5.41, 5.74) is 0. The van der Waals surface area contributed by atoms with Gasteiger partial charge in [-0.2, -0.15) is 0 Å². The summed E-state index contributed by atoms with van der Waals surface area (Å²) in [6.07, 6.45) is 8.52. The molecule has 0 spiro atoms. The Morgan fingerprint density at radius 2 is 2.08 bits per heavy atom. The van der Waals surface area contributed by atoms with E-state index in [1.807, 2.05) is 0 Å². The van der Waals surface area contributed by atoms with Crippen molar-refractivity contribution < 1.29 is 0 Å². The number of rotatable bonds is 6. The SMILES string of the molecule is CCCCC1CN(CCCC)C=N1. The van der Waals surface area contributed by atoms with Gasteiger partial charge in [-0.25, -0.2) is 0 Å². The summed E-state index contributed by atoms with van der Waals surface area (Å²) in [5.74, 6) is 0. The van der Waals surface area contributed by atoms with Gasteiger partial charge in [0.2, 0.25) is 0 Å². The predicted molar refractivity (Wildman–Crippen MR) is 58.3 cm³/mol. The van der Waals surface area contributed by atoms with Crippen molar-refractivity contribution in [1.29, 1.82) is 0 Å². The van der Waals surface area contributed by atoms with Crippen LogP contribution in [0.2, 0.25) is 0 Å². The number of hydrogen-bond acceptors (Lipinski definition) is 2. The zero-order valence-corrected chi connectivity index (χ0v) is 9.00. The summed E-state index contributed by atoms with van der Waals surface area (Å²) in [6, 6.07) is 0.594. The van der Waals surface area contributed by atoms with Gasteiger partial charge in [0.25, 0.3) is 0 Å². The zero-order valence-electron chi connectivity index (χ0n) is 9.00. The van der Waals surface area contributed by atoms with Gasteiger partial charge in [0.15, 0.2) is 0 Å². The summed E-state index contributed by atoms with van der Waals surface area (Å²) in [7, 11) is 0. The van der Waals surface area contributed by atoms with Gasteiger partial charge in [-0.1, -0.05) is 33.1 Å². The Balaban J connectivity index is 2.10. The van der Waals surface area contributed by atoms with Crippen LogP contribution in [0.5, 0.6) is 0 Å². The molecule has 0 bridgehead atoms. The minimum Gasteiger partial charge on any atom is -0.361 e. The maximum atomic E-state index is 4.51.